The van der Waals surface area contributed by atoms with E-state index in [1.807, 2.05) is 32.9 Å². The van der Waals surface area contributed by atoms with Crippen LogP contribution in [0, 0.1) is 0 Å². The maximum absolute atomic E-state index is 12.0. The number of ether oxygens (including phenoxy) is 1. The molecule has 21 heavy (non-hydrogen) atoms. The molecular weight excluding hydrogens is 268 g/mol. The van der Waals surface area contributed by atoms with Crippen LogP contribution in [0.5, 0.6) is 0 Å². The number of nitrogens with zero attached hydrogens (tertiary/aromatic N) is 2. The van der Waals surface area contributed by atoms with Gasteiger partial charge in [-0.05, 0) is 45.2 Å². The summed E-state index contributed by atoms with van der Waals surface area (Å²) in [4.78, 5) is 17.7. The number of rotatable bonds is 2. The van der Waals surface area contributed by atoms with Gasteiger partial charge in [0.1, 0.15) is 5.60 Å². The molecule has 1 saturated heterocycles. The van der Waals surface area contributed by atoms with Gasteiger partial charge in [-0.3, -0.25) is 4.98 Å². The normalized spacial score (nSPS) is 18.4. The smallest absolute Gasteiger partial charge is 0.410 e. The molecule has 116 valence electrons. The molecule has 0 unspecified atom stereocenters. The molecule has 2 heterocycles. The average Bonchev–Trinajstić information content (AvgIpc) is 2.38. The lowest BCUT2D eigenvalue weighted by atomic mass is 9.86. The van der Waals surface area contributed by atoms with E-state index in [-0.39, 0.29) is 6.09 Å². The summed E-state index contributed by atoms with van der Waals surface area (Å²) in [5.41, 5.74) is -0.229. The number of likely N-dealkylation sites (tertiary alicyclic amines) is 1. The molecular formula is C16H24N2O3. The zero-order valence-corrected chi connectivity index (χ0v) is 13.0. The molecule has 0 bridgehead atoms. The lowest BCUT2D eigenvalue weighted by molar-refractivity contribution is -0.0315. The molecule has 0 radical (unpaired) electrons. The van der Waals surface area contributed by atoms with Crippen LogP contribution in [0.2, 0.25) is 0 Å². The van der Waals surface area contributed by atoms with Gasteiger partial charge >= 0.3 is 6.09 Å². The van der Waals surface area contributed by atoms with Gasteiger partial charge in [-0.1, -0.05) is 6.07 Å². The van der Waals surface area contributed by atoms with Crippen molar-refractivity contribution < 1.29 is 14.6 Å². The standard InChI is InChI=1S/C16H24N2O3/c1-15(2,3)21-14(19)18-9-6-16(20,7-10-18)11-13-5-4-8-17-12-13/h4-5,8,12,20H,6-7,9-11H2,1-3H3. The highest BCUT2D eigenvalue weighted by Crippen LogP contribution is 2.27. The van der Waals surface area contributed by atoms with Crippen molar-refractivity contribution in [3.8, 4) is 0 Å². The molecule has 1 fully saturated rings. The Kier molecular flexibility index (Phi) is 4.52. The summed E-state index contributed by atoms with van der Waals surface area (Å²) in [5.74, 6) is 0. The molecule has 0 spiro atoms. The molecule has 0 atom stereocenters. The van der Waals surface area contributed by atoms with Crippen LogP contribution in [0.4, 0.5) is 4.79 Å². The SMILES string of the molecule is CC(C)(C)OC(=O)N1CCC(O)(Cc2cccnc2)CC1. The fraction of sp³-hybridized carbons (Fsp3) is 0.625. The van der Waals surface area contributed by atoms with E-state index in [9.17, 15) is 9.90 Å². The third kappa shape index (κ3) is 4.70. The number of aliphatic hydroxyl groups is 1. The molecule has 5 nitrogen and oxygen atoms in total. The van der Waals surface area contributed by atoms with Gasteiger partial charge < -0.3 is 14.7 Å². The number of hydrogen-bond acceptors (Lipinski definition) is 4. The predicted octanol–water partition coefficient (Wildman–Crippen LogP) is 2.39. The van der Waals surface area contributed by atoms with Crippen molar-refractivity contribution in [1.82, 2.24) is 9.88 Å². The fourth-order valence-electron chi connectivity index (χ4n) is 2.49. The molecule has 1 aromatic rings. The van der Waals surface area contributed by atoms with Crippen molar-refractivity contribution in [2.24, 2.45) is 0 Å². The summed E-state index contributed by atoms with van der Waals surface area (Å²) < 4.78 is 5.36. The van der Waals surface area contributed by atoms with Crippen molar-refractivity contribution in [1.29, 1.82) is 0 Å². The second kappa shape index (κ2) is 6.02. The molecule has 1 amide bonds. The molecule has 2 rings (SSSR count). The van der Waals surface area contributed by atoms with Crippen LogP contribution in [0.25, 0.3) is 0 Å². The highest BCUT2D eigenvalue weighted by molar-refractivity contribution is 5.68. The zero-order valence-electron chi connectivity index (χ0n) is 13.0. The van der Waals surface area contributed by atoms with Gasteiger partial charge in [0, 0.05) is 31.9 Å². The number of carbonyl (C=O) groups is 1. The topological polar surface area (TPSA) is 62.7 Å². The lowest BCUT2D eigenvalue weighted by Crippen LogP contribution is -2.49. The molecule has 1 aliphatic rings. The first kappa shape index (κ1) is 15.8. The number of piperidine rings is 1. The van der Waals surface area contributed by atoms with E-state index in [2.05, 4.69) is 4.98 Å². The molecule has 0 aliphatic carbocycles. The van der Waals surface area contributed by atoms with Gasteiger partial charge in [-0.25, -0.2) is 4.79 Å². The summed E-state index contributed by atoms with van der Waals surface area (Å²) in [6.45, 7) is 6.60. The average molecular weight is 292 g/mol. The maximum atomic E-state index is 12.0. The number of aromatic nitrogens is 1. The first-order valence-corrected chi connectivity index (χ1v) is 7.37. The van der Waals surface area contributed by atoms with Gasteiger partial charge in [0.15, 0.2) is 0 Å². The minimum absolute atomic E-state index is 0.300. The quantitative estimate of drug-likeness (QED) is 0.909. The Hall–Kier alpha value is -1.62. The lowest BCUT2D eigenvalue weighted by Gasteiger charge is -2.38. The Balaban J connectivity index is 1.89. The maximum Gasteiger partial charge on any atom is 0.410 e. The van der Waals surface area contributed by atoms with Crippen LogP contribution in [0.15, 0.2) is 24.5 Å². The van der Waals surface area contributed by atoms with E-state index in [1.165, 1.54) is 0 Å². The van der Waals surface area contributed by atoms with Crippen molar-refractivity contribution in [2.75, 3.05) is 13.1 Å². The predicted molar refractivity (Wildman–Crippen MR) is 79.9 cm³/mol. The van der Waals surface area contributed by atoms with E-state index < -0.39 is 11.2 Å². The minimum Gasteiger partial charge on any atom is -0.444 e. The summed E-state index contributed by atoms with van der Waals surface area (Å²) >= 11 is 0. The van der Waals surface area contributed by atoms with Crippen molar-refractivity contribution in [3.05, 3.63) is 30.1 Å². The Morgan fingerprint density at radius 1 is 1.43 bits per heavy atom. The Bertz CT molecular complexity index is 474. The van der Waals surface area contributed by atoms with Gasteiger partial charge in [0.25, 0.3) is 0 Å². The molecule has 5 heteroatoms. The molecule has 1 aliphatic heterocycles. The highest BCUT2D eigenvalue weighted by atomic mass is 16.6. The van der Waals surface area contributed by atoms with E-state index >= 15 is 0 Å². The Morgan fingerprint density at radius 2 is 2.10 bits per heavy atom. The van der Waals surface area contributed by atoms with Crippen molar-refractivity contribution in [2.45, 2.75) is 51.2 Å². The number of hydrogen-bond donors (Lipinski definition) is 1. The van der Waals surface area contributed by atoms with E-state index in [0.29, 0.717) is 32.4 Å². The summed E-state index contributed by atoms with van der Waals surface area (Å²) in [7, 11) is 0. The molecule has 1 N–H and O–H groups in total. The van der Waals surface area contributed by atoms with Crippen LogP contribution in [0.1, 0.15) is 39.2 Å². The monoisotopic (exact) mass is 292 g/mol. The van der Waals surface area contributed by atoms with Crippen LogP contribution < -0.4 is 0 Å². The molecule has 0 saturated carbocycles. The van der Waals surface area contributed by atoms with Gasteiger partial charge in [-0.2, -0.15) is 0 Å². The van der Waals surface area contributed by atoms with E-state index in [4.69, 9.17) is 4.74 Å². The highest BCUT2D eigenvalue weighted by Gasteiger charge is 2.35. The van der Waals surface area contributed by atoms with E-state index in [0.717, 1.165) is 5.56 Å². The second-order valence-electron chi connectivity index (χ2n) is 6.73. The molecule has 1 aromatic heterocycles. The van der Waals surface area contributed by atoms with E-state index in [1.54, 1.807) is 17.3 Å². The second-order valence-corrected chi connectivity index (χ2v) is 6.73. The third-order valence-electron chi connectivity index (χ3n) is 3.60. The minimum atomic E-state index is -0.762. The van der Waals surface area contributed by atoms with Crippen molar-refractivity contribution in [3.63, 3.8) is 0 Å². The third-order valence-corrected chi connectivity index (χ3v) is 3.60. The first-order valence-electron chi connectivity index (χ1n) is 7.37. The largest absolute Gasteiger partial charge is 0.444 e. The number of pyridine rings is 1. The van der Waals surface area contributed by atoms with Crippen molar-refractivity contribution >= 4 is 6.09 Å². The number of carbonyl (C=O) groups excluding carboxylic acids is 1. The number of amides is 1. The summed E-state index contributed by atoms with van der Waals surface area (Å²) in [6, 6.07) is 3.83. The Labute approximate surface area is 125 Å². The first-order chi connectivity index (χ1) is 9.77. The fourth-order valence-corrected chi connectivity index (χ4v) is 2.49. The van der Waals surface area contributed by atoms with Crippen LogP contribution >= 0.6 is 0 Å². The summed E-state index contributed by atoms with van der Waals surface area (Å²) in [6.07, 6.45) is 4.88. The van der Waals surface area contributed by atoms with Gasteiger partial charge in [-0.15, -0.1) is 0 Å². The van der Waals surface area contributed by atoms with Gasteiger partial charge in [0.2, 0.25) is 0 Å². The zero-order chi connectivity index (χ0) is 15.5. The van der Waals surface area contributed by atoms with Gasteiger partial charge in [0.05, 0.1) is 5.60 Å². The Morgan fingerprint density at radius 3 is 2.62 bits per heavy atom. The van der Waals surface area contributed by atoms with Crippen LogP contribution in [-0.4, -0.2) is 45.4 Å². The van der Waals surface area contributed by atoms with Crippen LogP contribution in [-0.2, 0) is 11.2 Å². The summed E-state index contributed by atoms with van der Waals surface area (Å²) in [5, 5.41) is 10.7. The molecule has 0 aromatic carbocycles. The van der Waals surface area contributed by atoms with Crippen LogP contribution in [0.3, 0.4) is 0 Å².